The fourth-order valence-corrected chi connectivity index (χ4v) is 6.17. The second-order valence-electron chi connectivity index (χ2n) is 7.67. The third-order valence-electron chi connectivity index (χ3n) is 5.30. The number of halogens is 1. The summed E-state index contributed by atoms with van der Waals surface area (Å²) in [7, 11) is -3.44. The molecule has 1 heterocycles. The van der Waals surface area contributed by atoms with Crippen LogP contribution in [0.15, 0.2) is 29.0 Å². The molecule has 0 atom stereocenters. The van der Waals surface area contributed by atoms with Gasteiger partial charge in [-0.15, -0.1) is 17.9 Å². The fourth-order valence-electron chi connectivity index (χ4n) is 3.53. The zero-order valence-electron chi connectivity index (χ0n) is 17.2. The molecule has 166 valence electrons. The minimum absolute atomic E-state index is 0.284. The molecule has 0 aliphatic heterocycles. The smallest absolute Gasteiger partial charge is 0.250 e. The lowest BCUT2D eigenvalue weighted by Crippen LogP contribution is -2.32. The van der Waals surface area contributed by atoms with E-state index in [-0.39, 0.29) is 4.21 Å². The van der Waals surface area contributed by atoms with E-state index in [4.69, 9.17) is 16.3 Å². The van der Waals surface area contributed by atoms with Crippen LogP contribution in [0.4, 0.5) is 0 Å². The molecule has 1 aromatic heterocycles. The van der Waals surface area contributed by atoms with Crippen LogP contribution in [0.2, 0.25) is 4.34 Å². The largest absolute Gasteiger partial charge is 0.378 e. The number of sulfonamides is 1. The van der Waals surface area contributed by atoms with Gasteiger partial charge in [-0.1, -0.05) is 30.5 Å². The Morgan fingerprint density at radius 3 is 2.59 bits per heavy atom. The van der Waals surface area contributed by atoms with E-state index in [1.807, 2.05) is 6.08 Å². The second-order valence-corrected chi connectivity index (χ2v) is 11.4. The van der Waals surface area contributed by atoms with Crippen LogP contribution in [0, 0.1) is 5.92 Å². The van der Waals surface area contributed by atoms with Crippen molar-refractivity contribution in [3.05, 3.63) is 29.1 Å². The number of nitrogens with one attached hydrogen (secondary N) is 2. The average Bonchev–Trinajstić information content (AvgIpc) is 3.16. The molecule has 1 fully saturated rings. The van der Waals surface area contributed by atoms with Crippen molar-refractivity contribution in [3.8, 4) is 0 Å². The fraction of sp³-hybridized carbons (Fsp3) is 0.714. The molecule has 1 aliphatic carbocycles. The number of thiophene rings is 1. The third-order valence-corrected chi connectivity index (χ3v) is 8.44. The van der Waals surface area contributed by atoms with Crippen LogP contribution in [0.1, 0.15) is 57.8 Å². The summed E-state index contributed by atoms with van der Waals surface area (Å²) < 4.78 is 34.1. The molecule has 0 radical (unpaired) electrons. The topological polar surface area (TPSA) is 67.4 Å². The van der Waals surface area contributed by atoms with Crippen molar-refractivity contribution in [2.24, 2.45) is 5.92 Å². The summed E-state index contributed by atoms with van der Waals surface area (Å²) in [6.07, 6.45) is 12.2. The Labute approximate surface area is 185 Å². The molecule has 0 spiro atoms. The van der Waals surface area contributed by atoms with Crippen molar-refractivity contribution in [2.45, 2.75) is 68.1 Å². The van der Waals surface area contributed by atoms with Gasteiger partial charge in [0.15, 0.2) is 0 Å². The van der Waals surface area contributed by atoms with Gasteiger partial charge in [-0.05, 0) is 76.1 Å². The highest BCUT2D eigenvalue weighted by atomic mass is 35.5. The quantitative estimate of drug-likeness (QED) is 0.285. The Hall–Kier alpha value is -0.440. The Balaban J connectivity index is 1.48. The third kappa shape index (κ3) is 9.94. The molecular formula is C21H35ClN2O3S2. The van der Waals surface area contributed by atoms with Gasteiger partial charge in [-0.3, -0.25) is 0 Å². The summed E-state index contributed by atoms with van der Waals surface area (Å²) >= 11 is 6.93. The normalized spacial score (nSPS) is 20.0. The minimum Gasteiger partial charge on any atom is -0.378 e. The molecule has 2 rings (SSSR count). The summed E-state index contributed by atoms with van der Waals surface area (Å²) in [5.74, 6) is 0.383. The first-order chi connectivity index (χ1) is 14.0. The summed E-state index contributed by atoms with van der Waals surface area (Å²) in [6, 6.07) is 3.17. The maximum absolute atomic E-state index is 12.3. The standard InChI is InChI=1S/C21H35ClN2O3S2/c1-2-3-14-23-15-6-4-5-7-16-27-19-10-8-18(9-11-19)17-24-29(25,26)21-13-12-20(22)28-21/h2,12-13,18-19,23-24H,1,3-11,14-17H2. The Morgan fingerprint density at radius 2 is 1.90 bits per heavy atom. The molecular weight excluding hydrogens is 428 g/mol. The summed E-state index contributed by atoms with van der Waals surface area (Å²) in [5.41, 5.74) is 0. The molecule has 0 unspecified atom stereocenters. The Morgan fingerprint density at radius 1 is 1.14 bits per heavy atom. The van der Waals surface area contributed by atoms with Gasteiger partial charge in [-0.25, -0.2) is 13.1 Å². The van der Waals surface area contributed by atoms with Gasteiger partial charge >= 0.3 is 0 Å². The molecule has 0 aromatic carbocycles. The van der Waals surface area contributed by atoms with Crippen LogP contribution < -0.4 is 10.0 Å². The van der Waals surface area contributed by atoms with E-state index < -0.39 is 10.0 Å². The molecule has 0 saturated heterocycles. The van der Waals surface area contributed by atoms with E-state index in [2.05, 4.69) is 16.6 Å². The van der Waals surface area contributed by atoms with Crippen LogP contribution in [0.25, 0.3) is 0 Å². The number of rotatable bonds is 15. The van der Waals surface area contributed by atoms with Crippen molar-refractivity contribution >= 4 is 33.0 Å². The molecule has 2 N–H and O–H groups in total. The number of hydrogen-bond donors (Lipinski definition) is 2. The van der Waals surface area contributed by atoms with E-state index in [1.54, 1.807) is 12.1 Å². The highest BCUT2D eigenvalue weighted by Crippen LogP contribution is 2.28. The first-order valence-corrected chi connectivity index (χ1v) is 13.4. The molecule has 29 heavy (non-hydrogen) atoms. The number of ether oxygens (including phenoxy) is 1. The lowest BCUT2D eigenvalue weighted by Gasteiger charge is -2.28. The number of hydrogen-bond acceptors (Lipinski definition) is 5. The minimum atomic E-state index is -3.44. The summed E-state index contributed by atoms with van der Waals surface area (Å²) in [5, 5.41) is 3.41. The molecule has 1 aromatic rings. The van der Waals surface area contributed by atoms with Crippen LogP contribution in [-0.4, -0.2) is 40.8 Å². The van der Waals surface area contributed by atoms with Gasteiger partial charge in [-0.2, -0.15) is 0 Å². The zero-order valence-corrected chi connectivity index (χ0v) is 19.6. The maximum Gasteiger partial charge on any atom is 0.250 e. The van der Waals surface area contributed by atoms with Crippen molar-refractivity contribution < 1.29 is 13.2 Å². The maximum atomic E-state index is 12.3. The predicted octanol–water partition coefficient (Wildman–Crippen LogP) is 4.98. The molecule has 0 amide bonds. The molecule has 0 bridgehead atoms. The van der Waals surface area contributed by atoms with Gasteiger partial charge in [0.2, 0.25) is 10.0 Å². The monoisotopic (exact) mass is 462 g/mol. The summed E-state index contributed by atoms with van der Waals surface area (Å²) in [4.78, 5) is 0. The van der Waals surface area contributed by atoms with E-state index in [0.29, 0.717) is 22.9 Å². The van der Waals surface area contributed by atoms with Crippen LogP contribution in [0.5, 0.6) is 0 Å². The van der Waals surface area contributed by atoms with E-state index in [9.17, 15) is 8.42 Å². The summed E-state index contributed by atoms with van der Waals surface area (Å²) in [6.45, 7) is 7.16. The van der Waals surface area contributed by atoms with Gasteiger partial charge in [0.25, 0.3) is 0 Å². The Bertz CT molecular complexity index is 686. The van der Waals surface area contributed by atoms with Gasteiger partial charge < -0.3 is 10.1 Å². The molecule has 1 aliphatic rings. The van der Waals surface area contributed by atoms with E-state index >= 15 is 0 Å². The average molecular weight is 463 g/mol. The SMILES string of the molecule is C=CCCNCCCCCCOC1CCC(CNS(=O)(=O)c2ccc(Cl)s2)CC1. The van der Waals surface area contributed by atoms with Gasteiger partial charge in [0, 0.05) is 13.2 Å². The molecule has 5 nitrogen and oxygen atoms in total. The van der Waals surface area contributed by atoms with Crippen LogP contribution in [-0.2, 0) is 14.8 Å². The second kappa shape index (κ2) is 13.8. The van der Waals surface area contributed by atoms with Crippen molar-refractivity contribution in [1.29, 1.82) is 0 Å². The Kier molecular flexibility index (Phi) is 11.8. The van der Waals surface area contributed by atoms with Gasteiger partial charge in [0.05, 0.1) is 10.4 Å². The zero-order chi connectivity index (χ0) is 21.0. The molecule has 1 saturated carbocycles. The van der Waals surface area contributed by atoms with Crippen LogP contribution >= 0.6 is 22.9 Å². The highest BCUT2D eigenvalue weighted by molar-refractivity contribution is 7.91. The molecule has 8 heteroatoms. The lowest BCUT2D eigenvalue weighted by atomic mass is 9.87. The highest BCUT2D eigenvalue weighted by Gasteiger charge is 2.24. The van der Waals surface area contributed by atoms with Crippen molar-refractivity contribution in [3.63, 3.8) is 0 Å². The predicted molar refractivity (Wildman–Crippen MR) is 122 cm³/mol. The van der Waals surface area contributed by atoms with Crippen molar-refractivity contribution in [1.82, 2.24) is 10.0 Å². The first kappa shape index (κ1) is 24.8. The van der Waals surface area contributed by atoms with Gasteiger partial charge in [0.1, 0.15) is 4.21 Å². The van der Waals surface area contributed by atoms with Crippen molar-refractivity contribution in [2.75, 3.05) is 26.2 Å². The number of unbranched alkanes of at least 4 members (excludes halogenated alkanes) is 3. The lowest BCUT2D eigenvalue weighted by molar-refractivity contribution is 0.0167. The first-order valence-electron chi connectivity index (χ1n) is 10.7. The van der Waals surface area contributed by atoms with E-state index in [0.717, 1.165) is 69.6 Å². The van der Waals surface area contributed by atoms with Crippen LogP contribution in [0.3, 0.4) is 0 Å². The van der Waals surface area contributed by atoms with E-state index in [1.165, 1.54) is 19.3 Å².